The number of carbonyl (C=O) groups excluding carboxylic acids is 1. The van der Waals surface area contributed by atoms with Crippen molar-refractivity contribution in [2.45, 2.75) is 18.4 Å². The second kappa shape index (κ2) is 15.4. The van der Waals surface area contributed by atoms with Gasteiger partial charge in [-0.25, -0.2) is 14.2 Å². The van der Waals surface area contributed by atoms with E-state index < -0.39 is 41.0 Å². The molecule has 0 saturated carbocycles. The van der Waals surface area contributed by atoms with Crippen molar-refractivity contribution < 1.29 is 37.3 Å². The zero-order valence-corrected chi connectivity index (χ0v) is 31.2. The Labute approximate surface area is 331 Å². The Hall–Kier alpha value is -6.81. The molecule has 0 bridgehead atoms. The molecule has 2 aliphatic rings. The van der Waals surface area contributed by atoms with Crippen molar-refractivity contribution >= 4 is 23.8 Å². The Morgan fingerprint density at radius 3 is 2.46 bits per heavy atom. The van der Waals surface area contributed by atoms with Gasteiger partial charge in [-0.05, 0) is 66.2 Å². The molecule has 0 fully saturated rings. The third-order valence-corrected chi connectivity index (χ3v) is 9.86. The van der Waals surface area contributed by atoms with E-state index >= 15 is 8.78 Å². The minimum Gasteiger partial charge on any atom is -0.485 e. The quantitative estimate of drug-likeness (QED) is 0.119. The summed E-state index contributed by atoms with van der Waals surface area (Å²) in [5.74, 6) is -4.05. The van der Waals surface area contributed by atoms with Gasteiger partial charge >= 0.3 is 5.97 Å². The molecule has 2 heterocycles. The summed E-state index contributed by atoms with van der Waals surface area (Å²) in [5.41, 5.74) is 2.25. The summed E-state index contributed by atoms with van der Waals surface area (Å²) < 4.78 is 61.7. The van der Waals surface area contributed by atoms with E-state index in [9.17, 15) is 10.1 Å². The summed E-state index contributed by atoms with van der Waals surface area (Å²) >= 11 is 6.47. The van der Waals surface area contributed by atoms with E-state index in [1.807, 2.05) is 66.5 Å². The summed E-state index contributed by atoms with van der Waals surface area (Å²) in [6.07, 6.45) is 1.82. The van der Waals surface area contributed by atoms with Gasteiger partial charge in [-0.15, -0.1) is 0 Å². The molecular formula is C44H31ClF2N4O6. The number of hydrogen-bond donors (Lipinski definition) is 0. The van der Waals surface area contributed by atoms with Crippen molar-refractivity contribution in [3.8, 4) is 51.8 Å². The molecule has 8 rings (SSSR count). The molecule has 1 aromatic heterocycles. The number of aromatic nitrogens is 1. The number of benzene rings is 5. The number of methoxy groups -OCH3 is 1. The zero-order chi connectivity index (χ0) is 39.7. The predicted octanol–water partition coefficient (Wildman–Crippen LogP) is 9.54. The average Bonchev–Trinajstić information content (AvgIpc) is 3.78. The normalized spacial score (nSPS) is 16.7. The molecule has 13 heteroatoms. The number of rotatable bonds is 11. The maximum absolute atomic E-state index is 16.3. The van der Waals surface area contributed by atoms with Crippen LogP contribution in [0.2, 0.25) is 5.02 Å². The number of nitrogens with zero attached hydrogens (tertiary/aromatic N) is 4. The molecule has 0 radical (unpaired) electrons. The SMILES string of the molecule is COC(=O)C1(Oc2ccc(Oc3c(F)cnc(Oc4cc(C#N)ccc4OCc4ccccc4)c3F)c(C3N=CCN3C)c2)c2ccccc2-c2ccc(Cl)cc21. The number of esters is 1. The molecular weight excluding hydrogens is 754 g/mol. The lowest BCUT2D eigenvalue weighted by Gasteiger charge is -2.31. The van der Waals surface area contributed by atoms with Gasteiger partial charge in [0.25, 0.3) is 11.5 Å². The van der Waals surface area contributed by atoms with Crippen molar-refractivity contribution in [1.82, 2.24) is 9.88 Å². The number of ether oxygens (including phenoxy) is 5. The fourth-order valence-corrected chi connectivity index (χ4v) is 7.09. The van der Waals surface area contributed by atoms with Crippen LogP contribution in [0.25, 0.3) is 11.1 Å². The van der Waals surface area contributed by atoms with Crippen molar-refractivity contribution in [2.24, 2.45) is 4.99 Å². The second-order valence-electron chi connectivity index (χ2n) is 13.2. The third kappa shape index (κ3) is 6.88. The first-order chi connectivity index (χ1) is 27.7. The van der Waals surface area contributed by atoms with Crippen LogP contribution in [0.15, 0.2) is 120 Å². The number of hydrogen-bond acceptors (Lipinski definition) is 10. The van der Waals surface area contributed by atoms with Crippen molar-refractivity contribution in [3.05, 3.63) is 160 Å². The molecule has 1 aliphatic carbocycles. The molecule has 0 spiro atoms. The minimum absolute atomic E-state index is 0.0195. The third-order valence-electron chi connectivity index (χ3n) is 9.62. The first-order valence-corrected chi connectivity index (χ1v) is 18.0. The van der Waals surface area contributed by atoms with Gasteiger partial charge in [0.15, 0.2) is 17.3 Å². The summed E-state index contributed by atoms with van der Waals surface area (Å²) in [4.78, 5) is 24.2. The van der Waals surface area contributed by atoms with Gasteiger partial charge in [-0.2, -0.15) is 9.65 Å². The van der Waals surface area contributed by atoms with Crippen LogP contribution in [-0.4, -0.2) is 42.8 Å². The summed E-state index contributed by atoms with van der Waals surface area (Å²) in [5, 5.41) is 9.95. The number of halogens is 3. The van der Waals surface area contributed by atoms with Crippen LogP contribution in [0.4, 0.5) is 8.78 Å². The minimum atomic E-state index is -1.75. The standard InChI is InChI=1S/C44H31ClF2N4O6/c1-51-19-18-49-41(51)32-22-29(57-44(43(52)53-2)33-11-7-6-10-30(33)31-15-13-28(45)21-34(31)44)14-17-36(32)55-40-35(46)24-50-42(39(40)47)56-38-20-27(23-48)12-16-37(38)54-25-26-8-4-3-5-9-26/h3-18,20-22,24,41H,19,25H2,1-2H3. The highest BCUT2D eigenvalue weighted by Gasteiger charge is 2.53. The first-order valence-electron chi connectivity index (χ1n) is 17.6. The predicted molar refractivity (Wildman–Crippen MR) is 207 cm³/mol. The van der Waals surface area contributed by atoms with Gasteiger partial charge in [0.05, 0.1) is 24.9 Å². The second-order valence-corrected chi connectivity index (χ2v) is 13.6. The van der Waals surface area contributed by atoms with Crippen LogP contribution in [0.1, 0.15) is 34.0 Å². The summed E-state index contributed by atoms with van der Waals surface area (Å²) in [6.45, 7) is 0.637. The maximum atomic E-state index is 16.3. The summed E-state index contributed by atoms with van der Waals surface area (Å²) in [7, 11) is 3.10. The maximum Gasteiger partial charge on any atom is 0.359 e. The molecule has 5 aromatic carbocycles. The molecule has 2 atom stereocenters. The molecule has 10 nitrogen and oxygen atoms in total. The van der Waals surface area contributed by atoms with Crippen molar-refractivity contribution in [1.29, 1.82) is 5.26 Å². The Bertz CT molecular complexity index is 2600. The van der Waals surface area contributed by atoms with Crippen LogP contribution >= 0.6 is 11.6 Å². The van der Waals surface area contributed by atoms with E-state index in [0.717, 1.165) is 22.9 Å². The molecule has 284 valence electrons. The van der Waals surface area contributed by atoms with E-state index in [0.29, 0.717) is 28.3 Å². The smallest absolute Gasteiger partial charge is 0.359 e. The van der Waals surface area contributed by atoms with Gasteiger partial charge in [0.1, 0.15) is 24.3 Å². The lowest BCUT2D eigenvalue weighted by molar-refractivity contribution is -0.156. The van der Waals surface area contributed by atoms with Crippen molar-refractivity contribution in [2.75, 3.05) is 20.7 Å². The molecule has 2 unspecified atom stereocenters. The highest BCUT2D eigenvalue weighted by atomic mass is 35.5. The van der Waals surface area contributed by atoms with E-state index in [2.05, 4.69) is 9.98 Å². The Kier molecular flexibility index (Phi) is 10.0. The highest BCUT2D eigenvalue weighted by Crippen LogP contribution is 2.52. The number of aliphatic imine (C=N–C) groups is 1. The molecule has 1 aliphatic heterocycles. The highest BCUT2D eigenvalue weighted by molar-refractivity contribution is 6.30. The largest absolute Gasteiger partial charge is 0.485 e. The van der Waals surface area contributed by atoms with E-state index in [-0.39, 0.29) is 35.2 Å². The number of pyridine rings is 1. The molecule has 57 heavy (non-hydrogen) atoms. The van der Waals surface area contributed by atoms with Gasteiger partial charge in [0.2, 0.25) is 11.6 Å². The molecule has 0 N–H and O–H groups in total. The lowest BCUT2D eigenvalue weighted by atomic mass is 9.91. The monoisotopic (exact) mass is 784 g/mol. The van der Waals surface area contributed by atoms with Crippen LogP contribution < -0.4 is 18.9 Å². The summed E-state index contributed by atoms with van der Waals surface area (Å²) in [6, 6.07) is 32.9. The number of fused-ring (bicyclic) bond motifs is 3. The Morgan fingerprint density at radius 2 is 1.68 bits per heavy atom. The van der Waals surface area contributed by atoms with Crippen LogP contribution in [0.5, 0.6) is 34.6 Å². The van der Waals surface area contributed by atoms with Gasteiger partial charge in [-0.3, -0.25) is 9.89 Å². The fourth-order valence-electron chi connectivity index (χ4n) is 6.92. The van der Waals surface area contributed by atoms with Gasteiger partial charge in [-0.1, -0.05) is 72.3 Å². The molecule has 0 amide bonds. The van der Waals surface area contributed by atoms with Crippen molar-refractivity contribution in [3.63, 3.8) is 0 Å². The number of carbonyl (C=O) groups is 1. The fraction of sp³-hybridized carbons (Fsp3) is 0.136. The first kappa shape index (κ1) is 37.1. The van der Waals surface area contributed by atoms with Crippen LogP contribution in [0, 0.1) is 23.0 Å². The lowest BCUT2D eigenvalue weighted by Crippen LogP contribution is -2.42. The molecule has 6 aromatic rings. The van der Waals surface area contributed by atoms with E-state index in [1.54, 1.807) is 36.5 Å². The van der Waals surface area contributed by atoms with Crippen LogP contribution in [0.3, 0.4) is 0 Å². The van der Waals surface area contributed by atoms with E-state index in [4.69, 9.17) is 35.3 Å². The Balaban J connectivity index is 1.16. The number of nitriles is 1. The van der Waals surface area contributed by atoms with Gasteiger partial charge in [0, 0.05) is 40.5 Å². The van der Waals surface area contributed by atoms with E-state index in [1.165, 1.54) is 37.4 Å². The average molecular weight is 785 g/mol. The Morgan fingerprint density at radius 1 is 0.912 bits per heavy atom. The van der Waals surface area contributed by atoms with Crippen LogP contribution in [-0.2, 0) is 21.7 Å². The zero-order valence-electron chi connectivity index (χ0n) is 30.4. The molecule has 0 saturated heterocycles. The topological polar surface area (TPSA) is 116 Å². The van der Waals surface area contributed by atoms with Gasteiger partial charge < -0.3 is 23.7 Å².